The van der Waals surface area contributed by atoms with Crippen LogP contribution in [0.25, 0.3) is 22.2 Å². The van der Waals surface area contributed by atoms with Crippen LogP contribution in [0.5, 0.6) is 0 Å². The Morgan fingerprint density at radius 1 is 1.33 bits per heavy atom. The maximum absolute atomic E-state index is 10.0. The van der Waals surface area contributed by atoms with E-state index in [1.165, 1.54) is 0 Å². The summed E-state index contributed by atoms with van der Waals surface area (Å²) in [6, 6.07) is 6.14. The molecule has 106 valence electrons. The number of fused-ring (bicyclic) bond motifs is 2. The number of hydrogen-bond donors (Lipinski definition) is 1. The number of ether oxygens (including phenoxy) is 1. The number of hydrogen-bond acceptors (Lipinski definition) is 4. The molecule has 21 heavy (non-hydrogen) atoms. The maximum Gasteiger partial charge on any atom is 0.104 e. The summed E-state index contributed by atoms with van der Waals surface area (Å²) in [5.41, 5.74) is 5.99. The van der Waals surface area contributed by atoms with Crippen LogP contribution in [0, 0.1) is 0 Å². The van der Waals surface area contributed by atoms with Crippen LogP contribution in [-0.2, 0) is 18.4 Å². The zero-order chi connectivity index (χ0) is 14.4. The second-order valence-corrected chi connectivity index (χ2v) is 5.34. The van der Waals surface area contributed by atoms with Gasteiger partial charge in [0.25, 0.3) is 0 Å². The summed E-state index contributed by atoms with van der Waals surface area (Å²) in [5.74, 6) is 0. The van der Waals surface area contributed by atoms with Gasteiger partial charge in [-0.2, -0.15) is 0 Å². The van der Waals surface area contributed by atoms with E-state index in [9.17, 15) is 5.11 Å². The molecule has 4 rings (SSSR count). The van der Waals surface area contributed by atoms with Crippen molar-refractivity contribution in [3.63, 3.8) is 0 Å². The van der Waals surface area contributed by atoms with Gasteiger partial charge in [-0.15, -0.1) is 0 Å². The third kappa shape index (κ3) is 1.93. The van der Waals surface area contributed by atoms with Gasteiger partial charge in [-0.1, -0.05) is 6.07 Å². The van der Waals surface area contributed by atoms with Gasteiger partial charge in [-0.3, -0.25) is 4.98 Å². The van der Waals surface area contributed by atoms with Gasteiger partial charge in [0.15, 0.2) is 0 Å². The quantitative estimate of drug-likeness (QED) is 0.743. The highest BCUT2D eigenvalue weighted by Crippen LogP contribution is 2.33. The van der Waals surface area contributed by atoms with E-state index in [2.05, 4.69) is 16.0 Å². The van der Waals surface area contributed by atoms with E-state index in [1.54, 1.807) is 12.5 Å². The van der Waals surface area contributed by atoms with E-state index in [4.69, 9.17) is 4.74 Å². The Bertz CT molecular complexity index is 826. The largest absolute Gasteiger partial charge is 0.386 e. The highest BCUT2D eigenvalue weighted by atomic mass is 16.5. The predicted octanol–water partition coefficient (Wildman–Crippen LogP) is 2.20. The molecule has 0 saturated heterocycles. The Hall–Kier alpha value is -2.24. The molecule has 1 aromatic carbocycles. The van der Waals surface area contributed by atoms with Gasteiger partial charge in [0.1, 0.15) is 6.10 Å². The molecular formula is C16H15N3O2. The minimum Gasteiger partial charge on any atom is -0.386 e. The molecule has 5 nitrogen and oxygen atoms in total. The lowest BCUT2D eigenvalue weighted by Crippen LogP contribution is -2.17. The Morgan fingerprint density at radius 3 is 3.14 bits per heavy atom. The lowest BCUT2D eigenvalue weighted by molar-refractivity contribution is 0.00981. The highest BCUT2D eigenvalue weighted by Gasteiger charge is 2.22. The molecule has 0 saturated carbocycles. The predicted molar refractivity (Wildman–Crippen MR) is 78.6 cm³/mol. The Balaban J connectivity index is 1.92. The molecule has 0 amide bonds. The van der Waals surface area contributed by atoms with E-state index < -0.39 is 6.10 Å². The second kappa shape index (κ2) is 4.65. The third-order valence-electron chi connectivity index (χ3n) is 4.01. The zero-order valence-corrected chi connectivity index (χ0v) is 11.7. The molecule has 3 heterocycles. The van der Waals surface area contributed by atoms with Gasteiger partial charge in [-0.25, -0.2) is 4.98 Å². The first-order chi connectivity index (χ1) is 10.2. The van der Waals surface area contributed by atoms with Crippen LogP contribution in [0.4, 0.5) is 0 Å². The van der Waals surface area contributed by atoms with Gasteiger partial charge >= 0.3 is 0 Å². The second-order valence-electron chi connectivity index (χ2n) is 5.34. The van der Waals surface area contributed by atoms with E-state index >= 15 is 0 Å². The van der Waals surface area contributed by atoms with Crippen molar-refractivity contribution in [1.82, 2.24) is 14.5 Å². The van der Waals surface area contributed by atoms with Crippen molar-refractivity contribution in [1.29, 1.82) is 0 Å². The lowest BCUT2D eigenvalue weighted by Gasteiger charge is -2.23. The highest BCUT2D eigenvalue weighted by molar-refractivity contribution is 5.83. The lowest BCUT2D eigenvalue weighted by atomic mass is 9.94. The van der Waals surface area contributed by atoms with Crippen LogP contribution in [0.2, 0.25) is 0 Å². The van der Waals surface area contributed by atoms with Gasteiger partial charge in [0, 0.05) is 30.6 Å². The topological polar surface area (TPSA) is 60.2 Å². The first-order valence-corrected chi connectivity index (χ1v) is 6.88. The number of imidazole rings is 1. The Labute approximate surface area is 121 Å². The first kappa shape index (κ1) is 12.5. The average molecular weight is 281 g/mol. The third-order valence-corrected chi connectivity index (χ3v) is 4.01. The van der Waals surface area contributed by atoms with Crippen molar-refractivity contribution in [2.45, 2.75) is 12.7 Å². The van der Waals surface area contributed by atoms with Gasteiger partial charge < -0.3 is 14.4 Å². The van der Waals surface area contributed by atoms with Crippen molar-refractivity contribution in [2.24, 2.45) is 7.05 Å². The number of aliphatic hydroxyl groups excluding tert-OH is 1. The molecule has 0 fully saturated rings. The molecule has 3 aromatic rings. The molecule has 0 spiro atoms. The van der Waals surface area contributed by atoms with E-state index in [1.807, 2.05) is 29.9 Å². The Kier molecular flexibility index (Phi) is 2.77. The summed E-state index contributed by atoms with van der Waals surface area (Å²) in [4.78, 5) is 8.61. The first-order valence-electron chi connectivity index (χ1n) is 6.88. The van der Waals surface area contributed by atoms with Crippen molar-refractivity contribution < 1.29 is 9.84 Å². The minimum atomic E-state index is -0.596. The molecule has 0 bridgehead atoms. The fourth-order valence-electron chi connectivity index (χ4n) is 2.86. The van der Waals surface area contributed by atoms with Gasteiger partial charge in [0.05, 0.1) is 30.6 Å². The number of pyridine rings is 1. The number of benzene rings is 1. The van der Waals surface area contributed by atoms with Crippen molar-refractivity contribution in [2.75, 3.05) is 6.61 Å². The number of rotatable bonds is 1. The summed E-state index contributed by atoms with van der Waals surface area (Å²) in [6.45, 7) is 0.840. The van der Waals surface area contributed by atoms with E-state index in [0.29, 0.717) is 13.2 Å². The van der Waals surface area contributed by atoms with Gasteiger partial charge in [-0.05, 0) is 23.3 Å². The van der Waals surface area contributed by atoms with Crippen LogP contribution in [0.3, 0.4) is 0 Å². The molecule has 1 N–H and O–H groups in total. The number of nitrogens with zero attached hydrogens (tertiary/aromatic N) is 3. The molecular weight excluding hydrogens is 266 g/mol. The van der Waals surface area contributed by atoms with Crippen molar-refractivity contribution in [3.8, 4) is 11.1 Å². The minimum absolute atomic E-state index is 0.332. The van der Waals surface area contributed by atoms with Crippen LogP contribution in [-0.4, -0.2) is 26.2 Å². The van der Waals surface area contributed by atoms with E-state index in [-0.39, 0.29) is 0 Å². The smallest absolute Gasteiger partial charge is 0.104 e. The number of aliphatic hydroxyl groups is 1. The number of aryl methyl sites for hydroxylation is 1. The molecule has 0 radical (unpaired) electrons. The molecule has 0 aliphatic carbocycles. The molecule has 2 aromatic heterocycles. The van der Waals surface area contributed by atoms with Crippen molar-refractivity contribution in [3.05, 3.63) is 48.0 Å². The fraction of sp³-hybridized carbons (Fsp3) is 0.250. The van der Waals surface area contributed by atoms with E-state index in [0.717, 1.165) is 33.3 Å². The standard InChI is InChI=1S/C16H15N3O2/c1-19-9-18-14-3-2-10(4-15(14)19)11-5-17-6-12-13(11)7-21-8-16(12)20/h2-6,9,16,20H,7-8H2,1H3. The molecule has 1 atom stereocenters. The van der Waals surface area contributed by atoms with Crippen LogP contribution >= 0.6 is 0 Å². The van der Waals surface area contributed by atoms with Gasteiger partial charge in [0.2, 0.25) is 0 Å². The maximum atomic E-state index is 10.0. The fourth-order valence-corrected chi connectivity index (χ4v) is 2.86. The summed E-state index contributed by atoms with van der Waals surface area (Å²) >= 11 is 0. The zero-order valence-electron chi connectivity index (χ0n) is 11.7. The average Bonchev–Trinajstić information content (AvgIpc) is 2.88. The normalized spacial score (nSPS) is 17.9. The molecule has 5 heteroatoms. The van der Waals surface area contributed by atoms with Crippen molar-refractivity contribution >= 4 is 11.0 Å². The van der Waals surface area contributed by atoms with Crippen LogP contribution < -0.4 is 0 Å². The van der Waals surface area contributed by atoms with Crippen LogP contribution in [0.15, 0.2) is 36.9 Å². The Morgan fingerprint density at radius 2 is 2.24 bits per heavy atom. The summed E-state index contributed by atoms with van der Waals surface area (Å²) in [6.07, 6.45) is 4.77. The summed E-state index contributed by atoms with van der Waals surface area (Å²) in [7, 11) is 1.98. The molecule has 1 unspecified atom stereocenters. The summed E-state index contributed by atoms with van der Waals surface area (Å²) in [5, 5.41) is 10.0. The number of aromatic nitrogens is 3. The molecule has 1 aliphatic rings. The SMILES string of the molecule is Cn1cnc2ccc(-c3cncc4c3COCC4O)cc21. The van der Waals surface area contributed by atoms with Crippen LogP contribution in [0.1, 0.15) is 17.2 Å². The monoisotopic (exact) mass is 281 g/mol. The summed E-state index contributed by atoms with van der Waals surface area (Å²) < 4.78 is 7.46. The molecule has 1 aliphatic heterocycles.